The highest BCUT2D eigenvalue weighted by molar-refractivity contribution is 7.92. The van der Waals surface area contributed by atoms with Crippen LogP contribution in [-0.2, 0) is 22.9 Å². The second kappa shape index (κ2) is 10.7. The number of β-amino-alcohol motifs (C(OH)–C–C–N with tert-alkyl or cyclic N) is 1. The maximum Gasteiger partial charge on any atom is 0.261 e. The van der Waals surface area contributed by atoms with E-state index in [1.807, 2.05) is 19.1 Å². The molecule has 2 atom stereocenters. The van der Waals surface area contributed by atoms with E-state index >= 15 is 0 Å². The van der Waals surface area contributed by atoms with Crippen molar-refractivity contribution < 1.29 is 18.3 Å². The average molecular weight is 585 g/mol. The Morgan fingerprint density at radius 2 is 2.00 bits per heavy atom. The fourth-order valence-electron chi connectivity index (χ4n) is 5.95. The number of aryl methyl sites for hydroxylation is 1. The molecule has 1 aromatic carbocycles. The first-order valence-corrected chi connectivity index (χ1v) is 16.6. The first kappa shape index (κ1) is 29.0. The molecule has 5 rings (SSSR count). The number of pyridine rings is 1. The maximum absolute atomic E-state index is 13.6. The number of carbonyl (C=O) groups excluding carboxylic acids is 1. The molecular formula is C30H40N4O4S2. The van der Waals surface area contributed by atoms with Crippen molar-refractivity contribution in [1.82, 2.24) is 15.2 Å². The van der Waals surface area contributed by atoms with Crippen molar-refractivity contribution in [1.29, 1.82) is 0 Å². The van der Waals surface area contributed by atoms with Crippen LogP contribution in [0.2, 0.25) is 0 Å². The molecule has 8 nitrogen and oxygen atoms in total. The molecule has 0 spiro atoms. The molecule has 1 saturated heterocycles. The Morgan fingerprint density at radius 1 is 1.25 bits per heavy atom. The highest BCUT2D eigenvalue weighted by Gasteiger charge is 2.36. The molecule has 3 heterocycles. The molecule has 1 aliphatic carbocycles. The Labute approximate surface area is 241 Å². The molecule has 0 bridgehead atoms. The van der Waals surface area contributed by atoms with Crippen LogP contribution in [-0.4, -0.2) is 60.8 Å². The second-order valence-corrected chi connectivity index (χ2v) is 15.7. The van der Waals surface area contributed by atoms with Crippen molar-refractivity contribution in [2.45, 2.75) is 65.0 Å². The summed E-state index contributed by atoms with van der Waals surface area (Å²) in [6.45, 7) is 10.6. The predicted octanol–water partition coefficient (Wildman–Crippen LogP) is 4.75. The van der Waals surface area contributed by atoms with Gasteiger partial charge in [-0.25, -0.2) is 13.4 Å². The summed E-state index contributed by atoms with van der Waals surface area (Å²) in [5, 5.41) is 14.3. The van der Waals surface area contributed by atoms with Gasteiger partial charge in [0.25, 0.3) is 5.91 Å². The summed E-state index contributed by atoms with van der Waals surface area (Å²) in [6, 6.07) is 11.0. The van der Waals surface area contributed by atoms with Crippen LogP contribution in [0.1, 0.15) is 73.1 Å². The number of benzene rings is 1. The van der Waals surface area contributed by atoms with E-state index in [4.69, 9.17) is 4.98 Å². The van der Waals surface area contributed by atoms with Crippen LogP contribution in [0, 0.1) is 11.3 Å². The van der Waals surface area contributed by atoms with E-state index in [0.29, 0.717) is 42.5 Å². The number of aliphatic hydroxyl groups is 1. The average Bonchev–Trinajstić information content (AvgIpc) is 3.25. The number of nitrogens with zero attached hydrogens (tertiary/aromatic N) is 2. The van der Waals surface area contributed by atoms with Crippen molar-refractivity contribution in [3.8, 4) is 0 Å². The summed E-state index contributed by atoms with van der Waals surface area (Å²) in [6.07, 6.45) is 4.86. The third kappa shape index (κ3) is 6.84. The molecule has 3 aromatic rings. The molecule has 10 heteroatoms. The fraction of sp³-hybridized carbons (Fsp3) is 0.533. The van der Waals surface area contributed by atoms with Crippen LogP contribution in [0.15, 0.2) is 36.4 Å². The zero-order chi connectivity index (χ0) is 28.9. The van der Waals surface area contributed by atoms with Gasteiger partial charge in [-0.1, -0.05) is 32.9 Å². The third-order valence-electron chi connectivity index (χ3n) is 8.08. The zero-order valence-electron chi connectivity index (χ0n) is 24.0. The molecule has 1 fully saturated rings. The predicted molar refractivity (Wildman–Crippen MR) is 161 cm³/mol. The van der Waals surface area contributed by atoms with E-state index in [1.54, 1.807) is 18.2 Å². The standard InChI is InChI=1S/C30H40N4O4S2/c1-29(2,3)22-9-10-24-20(14-22)13-21-16-26(39-28(21)32-24)27(35)31-25(11-12-34-17-30(4,36)18-34)19-7-6-8-23(15-19)33-40(5,37)38/h6-8,13,15-16,22,25,33,36H,9-12,14,17-18H2,1-5H3,(H,31,35)/t22-,25+/m0/s1. The number of nitrogens with one attached hydrogen (secondary N) is 2. The van der Waals surface area contributed by atoms with Crippen LogP contribution < -0.4 is 10.0 Å². The lowest BCUT2D eigenvalue weighted by atomic mass is 9.71. The number of likely N-dealkylation sites (tertiary alicyclic amines) is 1. The van der Waals surface area contributed by atoms with E-state index < -0.39 is 15.6 Å². The van der Waals surface area contributed by atoms with Crippen molar-refractivity contribution in [3.63, 3.8) is 0 Å². The van der Waals surface area contributed by atoms with E-state index in [2.05, 4.69) is 41.8 Å². The second-order valence-electron chi connectivity index (χ2n) is 12.9. The molecule has 40 heavy (non-hydrogen) atoms. The van der Waals surface area contributed by atoms with Gasteiger partial charge in [0.15, 0.2) is 0 Å². The Balaban J connectivity index is 1.36. The highest BCUT2D eigenvalue weighted by Crippen LogP contribution is 2.38. The first-order chi connectivity index (χ1) is 18.6. The Kier molecular flexibility index (Phi) is 7.76. The van der Waals surface area contributed by atoms with E-state index in [1.165, 1.54) is 16.9 Å². The molecule has 0 saturated carbocycles. The van der Waals surface area contributed by atoms with Crippen LogP contribution in [0.4, 0.5) is 5.69 Å². The summed E-state index contributed by atoms with van der Waals surface area (Å²) in [4.78, 5) is 22.2. The lowest BCUT2D eigenvalue weighted by Gasteiger charge is -2.44. The lowest BCUT2D eigenvalue weighted by Crippen LogP contribution is -2.60. The number of sulfonamides is 1. The van der Waals surface area contributed by atoms with Crippen molar-refractivity contribution in [2.75, 3.05) is 30.6 Å². The Morgan fingerprint density at radius 3 is 2.67 bits per heavy atom. The highest BCUT2D eigenvalue weighted by atomic mass is 32.2. The van der Waals surface area contributed by atoms with Gasteiger partial charge in [-0.15, -0.1) is 11.3 Å². The molecule has 2 aromatic heterocycles. The van der Waals surface area contributed by atoms with E-state index in [9.17, 15) is 18.3 Å². The minimum atomic E-state index is -3.43. The van der Waals surface area contributed by atoms with Crippen LogP contribution in [0.3, 0.4) is 0 Å². The lowest BCUT2D eigenvalue weighted by molar-refractivity contribution is -0.0839. The monoisotopic (exact) mass is 584 g/mol. The first-order valence-electron chi connectivity index (χ1n) is 13.9. The number of hydrogen-bond donors (Lipinski definition) is 3. The van der Waals surface area contributed by atoms with Gasteiger partial charge in [-0.2, -0.15) is 0 Å². The topological polar surface area (TPSA) is 112 Å². The summed E-state index contributed by atoms with van der Waals surface area (Å²) >= 11 is 1.41. The number of thiophene rings is 1. The smallest absolute Gasteiger partial charge is 0.261 e. The minimum absolute atomic E-state index is 0.171. The summed E-state index contributed by atoms with van der Waals surface area (Å²) in [7, 11) is -3.43. The molecule has 0 radical (unpaired) electrons. The van der Waals surface area contributed by atoms with E-state index in [0.717, 1.165) is 47.0 Å². The quantitative estimate of drug-likeness (QED) is 0.353. The van der Waals surface area contributed by atoms with Crippen LogP contribution in [0.5, 0.6) is 0 Å². The SMILES string of the molecule is CC1(O)CN(CC[C@@H](NC(=O)c2cc3cc4c(nc3s2)CC[C@H](C(C)(C)C)C4)c2cccc(NS(C)(=O)=O)c2)C1. The number of rotatable bonds is 8. The zero-order valence-corrected chi connectivity index (χ0v) is 25.6. The Bertz CT molecular complexity index is 1520. The minimum Gasteiger partial charge on any atom is -0.388 e. The van der Waals surface area contributed by atoms with Gasteiger partial charge in [-0.3, -0.25) is 14.4 Å². The number of fused-ring (bicyclic) bond motifs is 2. The van der Waals surface area contributed by atoms with Crippen molar-refractivity contribution in [2.24, 2.45) is 11.3 Å². The van der Waals surface area contributed by atoms with Gasteiger partial charge in [-0.05, 0) is 79.3 Å². The molecule has 216 valence electrons. The summed E-state index contributed by atoms with van der Waals surface area (Å²) in [5.74, 6) is 0.445. The molecule has 3 N–H and O–H groups in total. The number of hydrogen-bond acceptors (Lipinski definition) is 7. The fourth-order valence-corrected chi connectivity index (χ4v) is 7.44. The van der Waals surface area contributed by atoms with E-state index in [-0.39, 0.29) is 17.4 Å². The maximum atomic E-state index is 13.6. The number of carbonyl (C=O) groups is 1. The molecule has 2 aliphatic rings. The van der Waals surface area contributed by atoms with Crippen molar-refractivity contribution >= 4 is 43.2 Å². The largest absolute Gasteiger partial charge is 0.388 e. The van der Waals surface area contributed by atoms with Crippen LogP contribution in [0.25, 0.3) is 10.2 Å². The van der Waals surface area contributed by atoms with Gasteiger partial charge in [0.1, 0.15) is 4.83 Å². The van der Waals surface area contributed by atoms with Gasteiger partial charge in [0, 0.05) is 36.4 Å². The Hall–Kier alpha value is -2.53. The summed E-state index contributed by atoms with van der Waals surface area (Å²) < 4.78 is 26.1. The van der Waals surface area contributed by atoms with Gasteiger partial charge >= 0.3 is 0 Å². The number of aromatic nitrogens is 1. The molecule has 1 amide bonds. The molecular weight excluding hydrogens is 544 g/mol. The number of amides is 1. The van der Waals surface area contributed by atoms with Crippen LogP contribution >= 0.6 is 11.3 Å². The summed E-state index contributed by atoms with van der Waals surface area (Å²) in [5.41, 5.74) is 3.30. The molecule has 1 aliphatic heterocycles. The van der Waals surface area contributed by atoms with Gasteiger partial charge in [0.05, 0.1) is 22.8 Å². The van der Waals surface area contributed by atoms with Gasteiger partial charge < -0.3 is 10.4 Å². The third-order valence-corrected chi connectivity index (χ3v) is 9.73. The molecule has 0 unspecified atom stereocenters. The van der Waals surface area contributed by atoms with Crippen molar-refractivity contribution in [3.05, 3.63) is 58.1 Å². The normalized spacial score (nSPS) is 20.0. The number of anilines is 1. The van der Waals surface area contributed by atoms with Gasteiger partial charge in [0.2, 0.25) is 10.0 Å².